The Morgan fingerprint density at radius 1 is 1.28 bits per heavy atom. The van der Waals surface area contributed by atoms with Crippen molar-refractivity contribution in [2.24, 2.45) is 5.73 Å². The predicted octanol–water partition coefficient (Wildman–Crippen LogP) is 2.08. The van der Waals surface area contributed by atoms with Crippen LogP contribution >= 0.6 is 0 Å². The lowest BCUT2D eigenvalue weighted by Gasteiger charge is -2.29. The molecule has 150 valence electrons. The molecule has 0 aliphatic heterocycles. The van der Waals surface area contributed by atoms with Crippen LogP contribution in [0, 0.1) is 0 Å². The van der Waals surface area contributed by atoms with Gasteiger partial charge in [-0.05, 0) is 43.2 Å². The summed E-state index contributed by atoms with van der Waals surface area (Å²) in [5.74, 6) is 0.763. The van der Waals surface area contributed by atoms with Crippen molar-refractivity contribution in [1.82, 2.24) is 30.2 Å². The van der Waals surface area contributed by atoms with Crippen LogP contribution in [0.25, 0.3) is 5.69 Å². The minimum Gasteiger partial charge on any atom is -0.350 e. The average molecular weight is 393 g/mol. The van der Waals surface area contributed by atoms with Gasteiger partial charge in [-0.3, -0.25) is 4.79 Å². The number of hydrogen-bond donors (Lipinski definition) is 3. The van der Waals surface area contributed by atoms with E-state index in [1.165, 1.54) is 24.2 Å². The van der Waals surface area contributed by atoms with E-state index >= 15 is 0 Å². The Hall–Kier alpha value is -3.40. The van der Waals surface area contributed by atoms with E-state index in [0.717, 1.165) is 37.1 Å². The van der Waals surface area contributed by atoms with E-state index in [9.17, 15) is 4.79 Å². The van der Waals surface area contributed by atoms with Gasteiger partial charge in [0.25, 0.3) is 0 Å². The Labute approximate surface area is 167 Å². The van der Waals surface area contributed by atoms with Gasteiger partial charge in [0.05, 0.1) is 11.3 Å². The normalized spacial score (nSPS) is 19.0. The third kappa shape index (κ3) is 4.37. The topological polar surface area (TPSA) is 137 Å². The molecule has 0 bridgehead atoms. The molecule has 4 rings (SSSR count). The molecule has 1 aromatic carbocycles. The molecule has 2 atom stereocenters. The number of nitrogens with zero attached hydrogens (tertiary/aromatic N) is 6. The second-order valence-electron chi connectivity index (χ2n) is 7.11. The van der Waals surface area contributed by atoms with E-state index in [2.05, 4.69) is 36.0 Å². The van der Waals surface area contributed by atoms with Crippen LogP contribution in [-0.4, -0.2) is 48.0 Å². The van der Waals surface area contributed by atoms with Gasteiger partial charge < -0.3 is 16.4 Å². The van der Waals surface area contributed by atoms with E-state index in [1.54, 1.807) is 0 Å². The Morgan fingerprint density at radius 2 is 2.14 bits per heavy atom. The number of Topliss-reactive ketones (excluding diaryl/α,β-unsaturated/α-hetero) is 1. The Balaban J connectivity index is 1.60. The molecule has 0 spiro atoms. The standard InChI is InChI=1S/C19H23N9O/c1-12(29)15-10-21-19(25-17-8-3-2-7-16(17)20)26-18(15)24-13-5-4-6-14(9-13)28-23-11-22-27-28/h4-6,9-11,16-17H,2-3,7-8,20H2,1H3,(H2,21,24,25,26)/t16-,17+/m0/s1. The highest BCUT2D eigenvalue weighted by molar-refractivity contribution is 5.99. The number of rotatable bonds is 6. The summed E-state index contributed by atoms with van der Waals surface area (Å²) < 4.78 is 0. The first-order chi connectivity index (χ1) is 14.1. The van der Waals surface area contributed by atoms with Crippen molar-refractivity contribution >= 4 is 23.2 Å². The smallest absolute Gasteiger partial charge is 0.224 e. The molecule has 4 N–H and O–H groups in total. The van der Waals surface area contributed by atoms with Gasteiger partial charge in [-0.15, -0.1) is 15.0 Å². The van der Waals surface area contributed by atoms with Crippen molar-refractivity contribution in [3.63, 3.8) is 0 Å². The van der Waals surface area contributed by atoms with E-state index in [4.69, 9.17) is 5.73 Å². The van der Waals surface area contributed by atoms with Crippen molar-refractivity contribution in [2.75, 3.05) is 10.6 Å². The van der Waals surface area contributed by atoms with Crippen molar-refractivity contribution in [3.8, 4) is 5.69 Å². The lowest BCUT2D eigenvalue weighted by molar-refractivity contribution is 0.101. The third-order valence-corrected chi connectivity index (χ3v) is 4.99. The van der Waals surface area contributed by atoms with Crippen LogP contribution in [0.4, 0.5) is 17.5 Å². The highest BCUT2D eigenvalue weighted by Crippen LogP contribution is 2.24. The number of benzene rings is 1. The summed E-state index contributed by atoms with van der Waals surface area (Å²) in [5, 5.41) is 18.2. The van der Waals surface area contributed by atoms with Crippen LogP contribution in [0.5, 0.6) is 0 Å². The van der Waals surface area contributed by atoms with Crippen LogP contribution in [-0.2, 0) is 0 Å². The zero-order valence-corrected chi connectivity index (χ0v) is 16.1. The van der Waals surface area contributed by atoms with Crippen LogP contribution in [0.2, 0.25) is 0 Å². The van der Waals surface area contributed by atoms with Crippen molar-refractivity contribution in [2.45, 2.75) is 44.7 Å². The molecule has 2 aromatic heterocycles. The molecule has 29 heavy (non-hydrogen) atoms. The minimum atomic E-state index is -0.123. The number of aromatic nitrogens is 6. The zero-order chi connectivity index (χ0) is 20.2. The highest BCUT2D eigenvalue weighted by atomic mass is 16.1. The maximum Gasteiger partial charge on any atom is 0.224 e. The number of nitrogens with one attached hydrogen (secondary N) is 2. The van der Waals surface area contributed by atoms with Crippen LogP contribution in [0.1, 0.15) is 43.0 Å². The molecule has 3 aromatic rings. The molecule has 10 nitrogen and oxygen atoms in total. The monoisotopic (exact) mass is 393 g/mol. The van der Waals surface area contributed by atoms with Gasteiger partial charge in [-0.1, -0.05) is 18.9 Å². The summed E-state index contributed by atoms with van der Waals surface area (Å²) in [6, 6.07) is 7.63. The lowest BCUT2D eigenvalue weighted by Crippen LogP contribution is -2.43. The fourth-order valence-electron chi connectivity index (χ4n) is 3.44. The van der Waals surface area contributed by atoms with Crippen LogP contribution < -0.4 is 16.4 Å². The summed E-state index contributed by atoms with van der Waals surface area (Å²) in [7, 11) is 0. The highest BCUT2D eigenvalue weighted by Gasteiger charge is 2.23. The van der Waals surface area contributed by atoms with Gasteiger partial charge >= 0.3 is 0 Å². The Kier molecular flexibility index (Phi) is 5.43. The molecule has 0 unspecified atom stereocenters. The van der Waals surface area contributed by atoms with Gasteiger partial charge in [0.15, 0.2) is 12.1 Å². The number of nitrogens with two attached hydrogens (primary N) is 1. The number of anilines is 3. The molecular weight excluding hydrogens is 370 g/mol. The summed E-state index contributed by atoms with van der Waals surface area (Å²) in [6.07, 6.45) is 7.15. The van der Waals surface area contributed by atoms with E-state index in [-0.39, 0.29) is 17.9 Å². The SMILES string of the molecule is CC(=O)c1cnc(N[C@@H]2CCCC[C@@H]2N)nc1Nc1cccc(-n2ncnn2)c1. The van der Waals surface area contributed by atoms with E-state index in [0.29, 0.717) is 17.3 Å². The molecule has 0 radical (unpaired) electrons. The summed E-state index contributed by atoms with van der Waals surface area (Å²) >= 11 is 0. The van der Waals surface area contributed by atoms with Gasteiger partial charge in [0, 0.05) is 24.0 Å². The largest absolute Gasteiger partial charge is 0.350 e. The Morgan fingerprint density at radius 3 is 2.90 bits per heavy atom. The second-order valence-corrected chi connectivity index (χ2v) is 7.11. The number of tetrazole rings is 1. The fourth-order valence-corrected chi connectivity index (χ4v) is 3.44. The first-order valence-corrected chi connectivity index (χ1v) is 9.61. The molecule has 1 aliphatic rings. The quantitative estimate of drug-likeness (QED) is 0.537. The minimum absolute atomic E-state index is 0.0723. The van der Waals surface area contributed by atoms with Crippen molar-refractivity contribution in [1.29, 1.82) is 0 Å². The Bertz CT molecular complexity index is 989. The maximum absolute atomic E-state index is 12.1. The first-order valence-electron chi connectivity index (χ1n) is 9.61. The number of carbonyl (C=O) groups excluding carboxylic acids is 1. The lowest BCUT2D eigenvalue weighted by atomic mass is 9.91. The van der Waals surface area contributed by atoms with Gasteiger partial charge in [-0.2, -0.15) is 4.98 Å². The predicted molar refractivity (Wildman–Crippen MR) is 108 cm³/mol. The van der Waals surface area contributed by atoms with Crippen molar-refractivity contribution in [3.05, 3.63) is 42.4 Å². The zero-order valence-electron chi connectivity index (χ0n) is 16.1. The molecule has 1 fully saturated rings. The number of hydrogen-bond acceptors (Lipinski definition) is 9. The van der Waals surface area contributed by atoms with E-state index in [1.807, 2.05) is 24.3 Å². The molecule has 1 aliphatic carbocycles. The third-order valence-electron chi connectivity index (χ3n) is 4.99. The van der Waals surface area contributed by atoms with E-state index < -0.39 is 0 Å². The molecule has 10 heteroatoms. The number of carbonyl (C=O) groups is 1. The maximum atomic E-state index is 12.1. The van der Waals surface area contributed by atoms with Crippen molar-refractivity contribution < 1.29 is 4.79 Å². The average Bonchev–Trinajstić information content (AvgIpc) is 3.25. The molecular formula is C19H23N9O. The second kappa shape index (κ2) is 8.31. The van der Waals surface area contributed by atoms with Gasteiger partial charge in [0.1, 0.15) is 5.82 Å². The van der Waals surface area contributed by atoms with Crippen LogP contribution in [0.15, 0.2) is 36.8 Å². The molecule has 2 heterocycles. The molecule has 0 saturated heterocycles. The number of ketones is 1. The van der Waals surface area contributed by atoms with Crippen LogP contribution in [0.3, 0.4) is 0 Å². The summed E-state index contributed by atoms with van der Waals surface area (Å²) in [6.45, 7) is 1.49. The molecule has 0 amide bonds. The van der Waals surface area contributed by atoms with Gasteiger partial charge in [-0.25, -0.2) is 4.98 Å². The summed E-state index contributed by atoms with van der Waals surface area (Å²) in [4.78, 5) is 22.3. The summed E-state index contributed by atoms with van der Waals surface area (Å²) in [5.41, 5.74) is 8.10. The fraction of sp³-hybridized carbons (Fsp3) is 0.368. The molecule has 1 saturated carbocycles. The first kappa shape index (κ1) is 18.9. The van der Waals surface area contributed by atoms with Gasteiger partial charge in [0.2, 0.25) is 5.95 Å².